The number of piperazine rings is 1. The number of pyridine rings is 1. The molecule has 3 aromatic rings. The van der Waals surface area contributed by atoms with Crippen molar-refractivity contribution >= 4 is 29.0 Å². The van der Waals surface area contributed by atoms with Gasteiger partial charge in [-0.1, -0.05) is 43.6 Å². The monoisotopic (exact) mass is 462 g/mol. The molecule has 6 heteroatoms. The Hall–Kier alpha value is -2.89. The molecule has 2 heterocycles. The smallest absolute Gasteiger partial charge is 0.258 e. The molecule has 1 aliphatic heterocycles. The Labute approximate surface area is 201 Å². The Balaban J connectivity index is 1.60. The van der Waals surface area contributed by atoms with Crippen molar-refractivity contribution in [1.29, 1.82) is 0 Å². The summed E-state index contributed by atoms with van der Waals surface area (Å²) in [5.74, 6) is 1.31. The van der Waals surface area contributed by atoms with Gasteiger partial charge in [-0.3, -0.25) is 4.79 Å². The molecule has 5 nitrogen and oxygen atoms in total. The van der Waals surface area contributed by atoms with Crippen molar-refractivity contribution in [2.24, 2.45) is 0 Å². The van der Waals surface area contributed by atoms with Gasteiger partial charge in [-0.2, -0.15) is 0 Å². The summed E-state index contributed by atoms with van der Waals surface area (Å²) < 4.78 is 0. The van der Waals surface area contributed by atoms with Gasteiger partial charge >= 0.3 is 0 Å². The Morgan fingerprint density at radius 3 is 2.39 bits per heavy atom. The third-order valence-electron chi connectivity index (χ3n) is 6.16. The van der Waals surface area contributed by atoms with Crippen molar-refractivity contribution in [3.8, 4) is 0 Å². The third-order valence-corrected chi connectivity index (χ3v) is 6.41. The summed E-state index contributed by atoms with van der Waals surface area (Å²) in [7, 11) is 2.15. The number of benzene rings is 2. The molecule has 1 aromatic heterocycles. The third kappa shape index (κ3) is 5.73. The lowest BCUT2D eigenvalue weighted by molar-refractivity contribution is 0.0985. The fourth-order valence-corrected chi connectivity index (χ4v) is 4.12. The number of hydrogen-bond donors (Lipinski definition) is 0. The second-order valence-electron chi connectivity index (χ2n) is 8.96. The highest BCUT2D eigenvalue weighted by Crippen LogP contribution is 2.26. The van der Waals surface area contributed by atoms with Gasteiger partial charge in [0.1, 0.15) is 5.82 Å². The Morgan fingerprint density at radius 1 is 1.03 bits per heavy atom. The zero-order valence-electron chi connectivity index (χ0n) is 19.5. The van der Waals surface area contributed by atoms with E-state index in [9.17, 15) is 4.79 Å². The number of amides is 1. The molecule has 0 radical (unpaired) electrons. The minimum atomic E-state index is -0.0595. The average Bonchev–Trinajstić information content (AvgIpc) is 2.83. The Bertz CT molecular complexity index is 1070. The average molecular weight is 463 g/mol. The molecular formula is C27H31ClN4O. The van der Waals surface area contributed by atoms with Gasteiger partial charge in [-0.05, 0) is 66.6 Å². The van der Waals surface area contributed by atoms with E-state index in [-0.39, 0.29) is 5.91 Å². The Morgan fingerprint density at radius 2 is 1.76 bits per heavy atom. The zero-order chi connectivity index (χ0) is 23.4. The van der Waals surface area contributed by atoms with Crippen molar-refractivity contribution in [2.45, 2.75) is 26.3 Å². The van der Waals surface area contributed by atoms with Crippen LogP contribution in [0.15, 0.2) is 66.9 Å². The fraction of sp³-hybridized carbons (Fsp3) is 0.333. The van der Waals surface area contributed by atoms with Crippen molar-refractivity contribution in [3.05, 3.63) is 88.6 Å². The topological polar surface area (TPSA) is 39.7 Å². The molecule has 2 aromatic carbocycles. The predicted molar refractivity (Wildman–Crippen MR) is 136 cm³/mol. The number of anilines is 2. The molecule has 0 aliphatic carbocycles. The van der Waals surface area contributed by atoms with Crippen LogP contribution in [0.3, 0.4) is 0 Å². The van der Waals surface area contributed by atoms with Gasteiger partial charge < -0.3 is 14.7 Å². The maximum atomic E-state index is 13.5. The summed E-state index contributed by atoms with van der Waals surface area (Å²) in [4.78, 5) is 24.7. The largest absolute Gasteiger partial charge is 0.354 e. The minimum absolute atomic E-state index is 0.0595. The van der Waals surface area contributed by atoms with Crippen LogP contribution >= 0.6 is 11.6 Å². The standard InChI is InChI=1S/C27H31ClN4O/c1-20(2)23-5-4-6-25(17-23)32(27(33)22-8-10-24(28)11-9-22)19-21-7-12-26(29-18-21)31-15-13-30(3)14-16-31/h4-12,17-18,20H,13-16,19H2,1-3H3. The zero-order valence-corrected chi connectivity index (χ0v) is 20.3. The number of likely N-dealkylation sites (N-methyl/N-ethyl adjacent to an activating group) is 1. The summed E-state index contributed by atoms with van der Waals surface area (Å²) in [6.07, 6.45) is 1.89. The van der Waals surface area contributed by atoms with E-state index in [1.807, 2.05) is 23.2 Å². The van der Waals surface area contributed by atoms with Crippen molar-refractivity contribution < 1.29 is 4.79 Å². The van der Waals surface area contributed by atoms with Gasteiger partial charge in [0.15, 0.2) is 0 Å². The molecule has 1 fully saturated rings. The van der Waals surface area contributed by atoms with Crippen molar-refractivity contribution in [2.75, 3.05) is 43.0 Å². The second-order valence-corrected chi connectivity index (χ2v) is 9.40. The number of halogens is 1. The molecule has 0 spiro atoms. The van der Waals surface area contributed by atoms with Gasteiger partial charge in [-0.25, -0.2) is 4.98 Å². The first-order valence-electron chi connectivity index (χ1n) is 11.5. The van der Waals surface area contributed by atoms with E-state index in [4.69, 9.17) is 16.6 Å². The normalized spacial score (nSPS) is 14.5. The molecule has 0 N–H and O–H groups in total. The lowest BCUT2D eigenvalue weighted by Crippen LogP contribution is -2.44. The van der Waals surface area contributed by atoms with E-state index in [2.05, 4.69) is 55.0 Å². The highest BCUT2D eigenvalue weighted by molar-refractivity contribution is 6.30. The van der Waals surface area contributed by atoms with E-state index in [1.54, 1.807) is 24.3 Å². The van der Waals surface area contributed by atoms with E-state index >= 15 is 0 Å². The summed E-state index contributed by atoms with van der Waals surface area (Å²) in [6, 6.07) is 19.4. The first-order valence-corrected chi connectivity index (χ1v) is 11.8. The van der Waals surface area contributed by atoms with Gasteiger partial charge in [0.25, 0.3) is 5.91 Å². The number of hydrogen-bond acceptors (Lipinski definition) is 4. The number of aromatic nitrogens is 1. The van der Waals surface area contributed by atoms with Crippen LogP contribution in [-0.2, 0) is 6.54 Å². The second kappa shape index (κ2) is 10.4. The molecule has 1 amide bonds. The molecule has 1 saturated heterocycles. The molecule has 0 bridgehead atoms. The van der Waals surface area contributed by atoms with Gasteiger partial charge in [0.2, 0.25) is 0 Å². The van der Waals surface area contributed by atoms with Crippen LogP contribution in [0.1, 0.15) is 41.3 Å². The van der Waals surface area contributed by atoms with Crippen LogP contribution in [0.4, 0.5) is 11.5 Å². The number of nitrogens with zero attached hydrogens (tertiary/aromatic N) is 4. The quantitative estimate of drug-likeness (QED) is 0.487. The predicted octanol–water partition coefficient (Wildman–Crippen LogP) is 5.46. The van der Waals surface area contributed by atoms with E-state index in [0.717, 1.165) is 43.2 Å². The summed E-state index contributed by atoms with van der Waals surface area (Å²) >= 11 is 6.05. The van der Waals surface area contributed by atoms with Crippen LogP contribution in [0.25, 0.3) is 0 Å². The molecule has 172 valence electrons. The highest BCUT2D eigenvalue weighted by Gasteiger charge is 2.20. The SMILES string of the molecule is CC(C)c1cccc(N(Cc2ccc(N3CCN(C)CC3)nc2)C(=O)c2ccc(Cl)cc2)c1. The molecular weight excluding hydrogens is 432 g/mol. The summed E-state index contributed by atoms with van der Waals surface area (Å²) in [5, 5.41) is 0.614. The number of carbonyl (C=O) groups excluding carboxylic acids is 1. The lowest BCUT2D eigenvalue weighted by Gasteiger charge is -2.33. The first-order chi connectivity index (χ1) is 15.9. The molecule has 0 atom stereocenters. The van der Waals surface area contributed by atoms with Crippen LogP contribution in [0, 0.1) is 0 Å². The maximum Gasteiger partial charge on any atom is 0.258 e. The summed E-state index contributed by atoms with van der Waals surface area (Å²) in [6.45, 7) is 8.80. The minimum Gasteiger partial charge on any atom is -0.354 e. The summed E-state index contributed by atoms with van der Waals surface area (Å²) in [5.41, 5.74) is 3.68. The van der Waals surface area contributed by atoms with Gasteiger partial charge in [0.05, 0.1) is 6.54 Å². The molecule has 0 saturated carbocycles. The molecule has 33 heavy (non-hydrogen) atoms. The van der Waals surface area contributed by atoms with E-state index < -0.39 is 0 Å². The van der Waals surface area contributed by atoms with Crippen molar-refractivity contribution in [1.82, 2.24) is 9.88 Å². The molecule has 1 aliphatic rings. The van der Waals surface area contributed by atoms with E-state index in [0.29, 0.717) is 23.0 Å². The van der Waals surface area contributed by atoms with Crippen LogP contribution < -0.4 is 9.80 Å². The number of rotatable bonds is 6. The first kappa shape index (κ1) is 23.3. The molecule has 0 unspecified atom stereocenters. The van der Waals surface area contributed by atoms with Crippen LogP contribution in [0.5, 0.6) is 0 Å². The maximum absolute atomic E-state index is 13.5. The fourth-order valence-electron chi connectivity index (χ4n) is 4.00. The van der Waals surface area contributed by atoms with Crippen LogP contribution in [-0.4, -0.2) is 49.0 Å². The Kier molecular flexibility index (Phi) is 7.31. The van der Waals surface area contributed by atoms with Gasteiger partial charge in [0, 0.05) is 48.6 Å². The number of carbonyl (C=O) groups is 1. The lowest BCUT2D eigenvalue weighted by atomic mass is 10.0. The van der Waals surface area contributed by atoms with Crippen molar-refractivity contribution in [3.63, 3.8) is 0 Å². The molecule has 4 rings (SSSR count). The van der Waals surface area contributed by atoms with E-state index in [1.165, 1.54) is 5.56 Å². The van der Waals surface area contributed by atoms with Gasteiger partial charge in [-0.15, -0.1) is 0 Å². The highest BCUT2D eigenvalue weighted by atomic mass is 35.5. The van der Waals surface area contributed by atoms with Crippen LogP contribution in [0.2, 0.25) is 5.02 Å².